The van der Waals surface area contributed by atoms with E-state index in [-0.39, 0.29) is 30.6 Å². The number of carbonyl (C=O) groups excluding carboxylic acids is 1. The Labute approximate surface area is 202 Å². The monoisotopic (exact) mass is 487 g/mol. The Bertz CT molecular complexity index is 1150. The third kappa shape index (κ3) is 6.88. The molecule has 4 N–H and O–H groups in total. The number of rotatable bonds is 10. The summed E-state index contributed by atoms with van der Waals surface area (Å²) in [5.41, 5.74) is 7.70. The number of aryl methyl sites for hydroxylation is 1. The molecular weight excluding hydrogens is 461 g/mol. The Morgan fingerprint density at radius 2 is 1.91 bits per heavy atom. The molecule has 9 heteroatoms. The molecule has 3 rings (SSSR count). The number of benzene rings is 2. The summed E-state index contributed by atoms with van der Waals surface area (Å²) in [5.74, 6) is -2.23. The first-order valence-corrected chi connectivity index (χ1v) is 11.3. The molecule has 1 aromatic heterocycles. The van der Waals surface area contributed by atoms with Gasteiger partial charge in [-0.2, -0.15) is 0 Å². The molecule has 0 spiro atoms. The number of aromatic nitrogens is 1. The second-order valence-corrected chi connectivity index (χ2v) is 8.89. The average Bonchev–Trinajstić information content (AvgIpc) is 3.21. The van der Waals surface area contributed by atoms with Crippen LogP contribution in [0.2, 0.25) is 5.02 Å². The lowest BCUT2D eigenvalue weighted by molar-refractivity contribution is -0.142. The largest absolute Gasteiger partial charge is 0.481 e. The van der Waals surface area contributed by atoms with Crippen LogP contribution in [0.5, 0.6) is 0 Å². The number of hydrogen-bond donors (Lipinski definition) is 3. The summed E-state index contributed by atoms with van der Waals surface area (Å²) in [4.78, 5) is 28.4. The number of carboxylic acid groups (broad SMARTS) is 1. The van der Waals surface area contributed by atoms with Gasteiger partial charge in [0.05, 0.1) is 12.1 Å². The third-order valence-corrected chi connectivity index (χ3v) is 5.64. The predicted molar refractivity (Wildman–Crippen MR) is 127 cm³/mol. The van der Waals surface area contributed by atoms with Crippen molar-refractivity contribution >= 4 is 23.5 Å². The highest BCUT2D eigenvalue weighted by Crippen LogP contribution is 2.27. The molecule has 0 aliphatic rings. The minimum absolute atomic E-state index is 0.0895. The first-order valence-electron chi connectivity index (χ1n) is 10.9. The summed E-state index contributed by atoms with van der Waals surface area (Å²) in [5, 5.41) is 12.9. The van der Waals surface area contributed by atoms with E-state index in [9.17, 15) is 19.1 Å². The highest BCUT2D eigenvalue weighted by molar-refractivity contribution is 6.30. The molecular formula is C25H27ClFN3O4. The summed E-state index contributed by atoms with van der Waals surface area (Å²) in [6.45, 7) is 3.42. The highest BCUT2D eigenvalue weighted by atomic mass is 35.5. The summed E-state index contributed by atoms with van der Waals surface area (Å²) >= 11 is 6.00. The molecule has 7 nitrogen and oxygen atoms in total. The van der Waals surface area contributed by atoms with Crippen LogP contribution in [0.25, 0.3) is 11.1 Å². The van der Waals surface area contributed by atoms with E-state index in [1.807, 2.05) is 12.1 Å². The van der Waals surface area contributed by atoms with Crippen LogP contribution in [0, 0.1) is 18.7 Å². The van der Waals surface area contributed by atoms with Gasteiger partial charge in [-0.05, 0) is 62.4 Å². The van der Waals surface area contributed by atoms with E-state index in [0.29, 0.717) is 28.3 Å². The number of nitrogens with zero attached hydrogens (tertiary/aromatic N) is 1. The van der Waals surface area contributed by atoms with E-state index in [1.165, 1.54) is 18.3 Å². The molecule has 0 aliphatic carbocycles. The Kier molecular flexibility index (Phi) is 8.41. The van der Waals surface area contributed by atoms with Crippen LogP contribution in [0.1, 0.15) is 41.8 Å². The second kappa shape index (κ2) is 11.3. The van der Waals surface area contributed by atoms with E-state index >= 15 is 0 Å². The lowest BCUT2D eigenvalue weighted by Crippen LogP contribution is -2.40. The zero-order valence-corrected chi connectivity index (χ0v) is 19.7. The number of nitrogens with two attached hydrogens (primary N) is 1. The quantitative estimate of drug-likeness (QED) is 0.384. The Morgan fingerprint density at radius 3 is 2.50 bits per heavy atom. The fraction of sp³-hybridized carbons (Fsp3) is 0.320. The average molecular weight is 488 g/mol. The lowest BCUT2D eigenvalue weighted by atomic mass is 9.90. The highest BCUT2D eigenvalue weighted by Gasteiger charge is 2.26. The molecule has 0 fully saturated rings. The SMILES string of the molecule is Cc1cnc(C(=O)N[C@H](Cc2ccc(-c3cc(Cl)ccc3F)cc2)C[C@@H](C[C@H](C)N)C(=O)O)o1. The van der Waals surface area contributed by atoms with Crippen molar-refractivity contribution in [2.24, 2.45) is 11.7 Å². The number of carboxylic acids is 1. The van der Waals surface area contributed by atoms with Crippen molar-refractivity contribution in [1.82, 2.24) is 10.3 Å². The van der Waals surface area contributed by atoms with Crippen LogP contribution in [0.15, 0.2) is 53.1 Å². The van der Waals surface area contributed by atoms with Gasteiger partial charge < -0.3 is 20.6 Å². The Hall–Kier alpha value is -3.23. The molecule has 34 heavy (non-hydrogen) atoms. The maximum absolute atomic E-state index is 14.2. The molecule has 0 radical (unpaired) electrons. The lowest BCUT2D eigenvalue weighted by Gasteiger charge is -2.23. The standard InChI is InChI=1S/C25H27ClFN3O4/c1-14(28)9-18(25(32)33)11-20(30-23(31)24-29-13-15(2)34-24)10-16-3-5-17(6-4-16)21-12-19(26)7-8-22(21)27/h3-8,12-14,18,20H,9-11,28H2,1-2H3,(H,30,31)(H,32,33)/t14-,18+,20+/m0/s1. The Balaban J connectivity index is 1.81. The van der Waals surface area contributed by atoms with E-state index < -0.39 is 23.8 Å². The number of hydrogen-bond acceptors (Lipinski definition) is 5. The van der Waals surface area contributed by atoms with Crippen molar-refractivity contribution in [3.8, 4) is 11.1 Å². The van der Waals surface area contributed by atoms with Crippen LogP contribution in [-0.2, 0) is 11.2 Å². The summed E-state index contributed by atoms with van der Waals surface area (Å²) in [6.07, 6.45) is 2.24. The fourth-order valence-electron chi connectivity index (χ4n) is 3.81. The number of amides is 1. The van der Waals surface area contributed by atoms with Crippen molar-refractivity contribution < 1.29 is 23.5 Å². The molecule has 2 aromatic carbocycles. The van der Waals surface area contributed by atoms with Crippen LogP contribution >= 0.6 is 11.6 Å². The Morgan fingerprint density at radius 1 is 1.21 bits per heavy atom. The maximum Gasteiger partial charge on any atom is 0.307 e. The molecule has 3 aromatic rings. The van der Waals surface area contributed by atoms with Gasteiger partial charge in [0, 0.05) is 22.7 Å². The van der Waals surface area contributed by atoms with Crippen molar-refractivity contribution in [2.75, 3.05) is 0 Å². The van der Waals surface area contributed by atoms with Gasteiger partial charge in [-0.25, -0.2) is 9.37 Å². The van der Waals surface area contributed by atoms with Gasteiger partial charge in [0.1, 0.15) is 11.6 Å². The van der Waals surface area contributed by atoms with Crippen molar-refractivity contribution in [3.63, 3.8) is 0 Å². The van der Waals surface area contributed by atoms with E-state index in [0.717, 1.165) is 5.56 Å². The summed E-state index contributed by atoms with van der Waals surface area (Å²) in [6, 6.07) is 10.7. The van der Waals surface area contributed by atoms with E-state index in [1.54, 1.807) is 32.0 Å². The van der Waals surface area contributed by atoms with Crippen molar-refractivity contribution in [3.05, 3.63) is 76.7 Å². The first-order chi connectivity index (χ1) is 16.1. The van der Waals surface area contributed by atoms with Gasteiger partial charge in [0.2, 0.25) is 0 Å². The molecule has 1 heterocycles. The summed E-state index contributed by atoms with van der Waals surface area (Å²) in [7, 11) is 0. The van der Waals surface area contributed by atoms with Crippen LogP contribution in [-0.4, -0.2) is 34.1 Å². The number of aliphatic carboxylic acids is 1. The molecule has 180 valence electrons. The molecule has 0 bridgehead atoms. The summed E-state index contributed by atoms with van der Waals surface area (Å²) < 4.78 is 19.5. The van der Waals surface area contributed by atoms with Crippen LogP contribution in [0.3, 0.4) is 0 Å². The second-order valence-electron chi connectivity index (χ2n) is 8.46. The van der Waals surface area contributed by atoms with Gasteiger partial charge in [-0.15, -0.1) is 0 Å². The van der Waals surface area contributed by atoms with Gasteiger partial charge in [0.15, 0.2) is 0 Å². The van der Waals surface area contributed by atoms with Crippen molar-refractivity contribution in [1.29, 1.82) is 0 Å². The molecule has 3 atom stereocenters. The smallest absolute Gasteiger partial charge is 0.307 e. The zero-order valence-electron chi connectivity index (χ0n) is 18.9. The number of carbonyl (C=O) groups is 2. The van der Waals surface area contributed by atoms with Gasteiger partial charge in [-0.3, -0.25) is 9.59 Å². The first kappa shape index (κ1) is 25.4. The van der Waals surface area contributed by atoms with Crippen molar-refractivity contribution in [2.45, 2.75) is 45.2 Å². The van der Waals surface area contributed by atoms with Gasteiger partial charge >= 0.3 is 11.9 Å². The predicted octanol–water partition coefficient (Wildman–Crippen LogP) is 4.61. The van der Waals surface area contributed by atoms with Gasteiger partial charge in [-0.1, -0.05) is 35.9 Å². The third-order valence-electron chi connectivity index (χ3n) is 5.40. The molecule has 0 unspecified atom stereocenters. The minimum Gasteiger partial charge on any atom is -0.481 e. The minimum atomic E-state index is -0.977. The molecule has 1 amide bonds. The molecule has 0 aliphatic heterocycles. The van der Waals surface area contributed by atoms with Crippen LogP contribution < -0.4 is 11.1 Å². The zero-order chi connectivity index (χ0) is 24.8. The fourth-order valence-corrected chi connectivity index (χ4v) is 3.99. The number of halogens is 2. The van der Waals surface area contributed by atoms with E-state index in [4.69, 9.17) is 21.8 Å². The number of oxazole rings is 1. The normalized spacial score (nSPS) is 13.8. The molecule has 0 saturated carbocycles. The van der Waals surface area contributed by atoms with Crippen LogP contribution in [0.4, 0.5) is 4.39 Å². The maximum atomic E-state index is 14.2. The molecule has 0 saturated heterocycles. The topological polar surface area (TPSA) is 118 Å². The number of nitrogens with one attached hydrogen (secondary N) is 1. The van der Waals surface area contributed by atoms with Gasteiger partial charge in [0.25, 0.3) is 5.89 Å². The van der Waals surface area contributed by atoms with E-state index in [2.05, 4.69) is 10.3 Å².